The molecule has 2 aromatic rings. The summed E-state index contributed by atoms with van der Waals surface area (Å²) >= 11 is 2.09. The van der Waals surface area contributed by atoms with Crippen LogP contribution in [0.5, 0.6) is 5.75 Å². The Morgan fingerprint density at radius 1 is 1.26 bits per heavy atom. The van der Waals surface area contributed by atoms with E-state index < -0.39 is 10.9 Å². The number of hydrogen-bond donors (Lipinski definition) is 1. The Hall–Kier alpha value is -2.42. The summed E-state index contributed by atoms with van der Waals surface area (Å²) in [4.78, 5) is 20.6. The average Bonchev–Trinajstić information content (AvgIpc) is 2.52. The zero-order chi connectivity index (χ0) is 16.8. The quantitative estimate of drug-likeness (QED) is 0.432. The van der Waals surface area contributed by atoms with Crippen LogP contribution in [0.4, 0.5) is 0 Å². The molecule has 0 bridgehead atoms. The van der Waals surface area contributed by atoms with Crippen LogP contribution in [-0.2, 0) is 6.61 Å². The summed E-state index contributed by atoms with van der Waals surface area (Å²) < 4.78 is 6.52. The van der Waals surface area contributed by atoms with Crippen molar-refractivity contribution in [1.82, 2.24) is 0 Å². The Morgan fingerprint density at radius 2 is 1.96 bits per heavy atom. The van der Waals surface area contributed by atoms with Gasteiger partial charge in [0.1, 0.15) is 12.4 Å². The van der Waals surface area contributed by atoms with Crippen molar-refractivity contribution >= 4 is 34.6 Å². The highest BCUT2D eigenvalue weighted by Crippen LogP contribution is 2.23. The highest BCUT2D eigenvalue weighted by molar-refractivity contribution is 14.1. The topological polar surface area (TPSA) is 89.7 Å². The monoisotopic (exact) mass is 425 g/mol. The highest BCUT2D eigenvalue weighted by atomic mass is 127. The lowest BCUT2D eigenvalue weighted by Gasteiger charge is -2.09. The number of halogens is 1. The van der Waals surface area contributed by atoms with Crippen LogP contribution >= 0.6 is 22.6 Å². The summed E-state index contributed by atoms with van der Waals surface area (Å²) in [5, 5.41) is 19.1. The lowest BCUT2D eigenvalue weighted by atomic mass is 10.1. The van der Waals surface area contributed by atoms with E-state index in [9.17, 15) is 14.9 Å². The van der Waals surface area contributed by atoms with E-state index in [0.717, 1.165) is 15.3 Å². The van der Waals surface area contributed by atoms with E-state index in [4.69, 9.17) is 9.84 Å². The Kier molecular flexibility index (Phi) is 5.69. The van der Waals surface area contributed by atoms with Crippen LogP contribution in [0.2, 0.25) is 0 Å². The number of benzene rings is 2. The number of nitro groups is 1. The first-order chi connectivity index (χ1) is 11.0. The van der Waals surface area contributed by atoms with Gasteiger partial charge in [-0.15, -0.1) is 0 Å². The number of carboxylic acid groups (broad SMARTS) is 1. The standard InChI is InChI=1S/C16H12INO5/c17-14-9-11(7-8-18(21)22)3-6-15(14)23-10-12-1-4-13(5-2-12)16(19)20/h1-9H,10H2,(H,19,20)/b8-7+. The highest BCUT2D eigenvalue weighted by Gasteiger charge is 2.05. The summed E-state index contributed by atoms with van der Waals surface area (Å²) in [6.45, 7) is 0.306. The molecular formula is C16H12INO5. The summed E-state index contributed by atoms with van der Waals surface area (Å²) in [6, 6.07) is 11.7. The van der Waals surface area contributed by atoms with Crippen molar-refractivity contribution in [3.8, 4) is 5.75 Å². The maximum atomic E-state index is 10.8. The number of rotatable bonds is 6. The van der Waals surface area contributed by atoms with Gasteiger partial charge in [-0.05, 0) is 58.0 Å². The van der Waals surface area contributed by atoms with E-state index >= 15 is 0 Å². The smallest absolute Gasteiger partial charge is 0.335 e. The fraction of sp³-hybridized carbons (Fsp3) is 0.0625. The molecule has 0 aliphatic carbocycles. The average molecular weight is 425 g/mol. The summed E-state index contributed by atoms with van der Waals surface area (Å²) in [5.74, 6) is -0.309. The molecule has 0 saturated carbocycles. The van der Waals surface area contributed by atoms with E-state index in [0.29, 0.717) is 17.9 Å². The lowest BCUT2D eigenvalue weighted by molar-refractivity contribution is -0.400. The van der Waals surface area contributed by atoms with Crippen LogP contribution in [0.1, 0.15) is 21.5 Å². The molecule has 0 spiro atoms. The third-order valence-electron chi connectivity index (χ3n) is 2.94. The first kappa shape index (κ1) is 16.9. The molecule has 118 valence electrons. The molecule has 2 aromatic carbocycles. The molecule has 0 radical (unpaired) electrons. The van der Waals surface area contributed by atoms with Crippen LogP contribution in [0, 0.1) is 13.7 Å². The molecule has 0 heterocycles. The van der Waals surface area contributed by atoms with E-state index in [1.807, 2.05) is 0 Å². The normalized spacial score (nSPS) is 10.7. The number of carbonyl (C=O) groups is 1. The van der Waals surface area contributed by atoms with Crippen molar-refractivity contribution in [3.63, 3.8) is 0 Å². The van der Waals surface area contributed by atoms with Gasteiger partial charge in [0.05, 0.1) is 14.1 Å². The molecular weight excluding hydrogens is 413 g/mol. The summed E-state index contributed by atoms with van der Waals surface area (Å²) in [5.41, 5.74) is 1.79. The molecule has 0 atom stereocenters. The predicted octanol–water partition coefficient (Wildman–Crippen LogP) is 3.82. The van der Waals surface area contributed by atoms with Crippen molar-refractivity contribution < 1.29 is 19.6 Å². The van der Waals surface area contributed by atoms with Crippen molar-refractivity contribution in [2.24, 2.45) is 0 Å². The Labute approximate surface area is 145 Å². The van der Waals surface area contributed by atoms with Crippen LogP contribution < -0.4 is 4.74 Å². The molecule has 0 unspecified atom stereocenters. The first-order valence-corrected chi connectivity index (χ1v) is 7.60. The summed E-state index contributed by atoms with van der Waals surface area (Å²) in [7, 11) is 0. The fourth-order valence-electron chi connectivity index (χ4n) is 1.79. The molecule has 0 amide bonds. The van der Waals surface area contributed by atoms with Crippen molar-refractivity contribution in [1.29, 1.82) is 0 Å². The number of carboxylic acids is 1. The minimum atomic E-state index is -0.967. The number of ether oxygens (including phenoxy) is 1. The lowest BCUT2D eigenvalue weighted by Crippen LogP contribution is -1.99. The van der Waals surface area contributed by atoms with Crippen LogP contribution in [0.3, 0.4) is 0 Å². The third kappa shape index (κ3) is 5.06. The zero-order valence-electron chi connectivity index (χ0n) is 11.8. The molecule has 7 heteroatoms. The van der Waals surface area contributed by atoms with E-state index in [1.165, 1.54) is 18.2 Å². The van der Waals surface area contributed by atoms with Gasteiger partial charge in [-0.2, -0.15) is 0 Å². The van der Waals surface area contributed by atoms with Gasteiger partial charge in [0.15, 0.2) is 0 Å². The van der Waals surface area contributed by atoms with E-state index in [2.05, 4.69) is 22.6 Å². The molecule has 0 saturated heterocycles. The number of hydrogen-bond acceptors (Lipinski definition) is 4. The van der Waals surface area contributed by atoms with Gasteiger partial charge in [-0.25, -0.2) is 4.79 Å². The molecule has 0 aliphatic heterocycles. The first-order valence-electron chi connectivity index (χ1n) is 6.52. The minimum Gasteiger partial charge on any atom is -0.488 e. The minimum absolute atomic E-state index is 0.227. The van der Waals surface area contributed by atoms with Crippen molar-refractivity contribution in [3.05, 3.63) is 79.0 Å². The molecule has 6 nitrogen and oxygen atoms in total. The van der Waals surface area contributed by atoms with Gasteiger partial charge in [-0.1, -0.05) is 18.2 Å². The second-order valence-corrected chi connectivity index (χ2v) is 5.74. The van der Waals surface area contributed by atoms with Crippen molar-refractivity contribution in [2.45, 2.75) is 6.61 Å². The molecule has 2 rings (SSSR count). The maximum Gasteiger partial charge on any atom is 0.335 e. The second kappa shape index (κ2) is 7.73. The largest absolute Gasteiger partial charge is 0.488 e. The molecule has 1 N–H and O–H groups in total. The van der Waals surface area contributed by atoms with Gasteiger partial charge in [0, 0.05) is 6.08 Å². The van der Waals surface area contributed by atoms with Gasteiger partial charge in [0.2, 0.25) is 6.20 Å². The SMILES string of the molecule is O=C(O)c1ccc(COc2ccc(/C=C/[N+](=O)[O-])cc2I)cc1. The Bertz CT molecular complexity index is 756. The Morgan fingerprint density at radius 3 is 2.52 bits per heavy atom. The van der Waals surface area contributed by atoms with E-state index in [-0.39, 0.29) is 5.56 Å². The molecule has 0 aliphatic rings. The number of nitrogens with zero attached hydrogens (tertiary/aromatic N) is 1. The van der Waals surface area contributed by atoms with Gasteiger partial charge in [0.25, 0.3) is 0 Å². The summed E-state index contributed by atoms with van der Waals surface area (Å²) in [6.07, 6.45) is 2.30. The zero-order valence-corrected chi connectivity index (χ0v) is 14.0. The molecule has 0 fully saturated rings. The third-order valence-corrected chi connectivity index (χ3v) is 3.78. The molecule has 23 heavy (non-hydrogen) atoms. The van der Waals surface area contributed by atoms with Crippen LogP contribution in [-0.4, -0.2) is 16.0 Å². The van der Waals surface area contributed by atoms with Gasteiger partial charge < -0.3 is 9.84 Å². The predicted molar refractivity (Wildman–Crippen MR) is 92.9 cm³/mol. The second-order valence-electron chi connectivity index (χ2n) is 4.58. The van der Waals surface area contributed by atoms with Crippen LogP contribution in [0.15, 0.2) is 48.7 Å². The molecule has 0 aromatic heterocycles. The van der Waals surface area contributed by atoms with E-state index in [1.54, 1.807) is 30.3 Å². The number of aromatic carboxylic acids is 1. The Balaban J connectivity index is 2.03. The fourth-order valence-corrected chi connectivity index (χ4v) is 2.48. The maximum absolute atomic E-state index is 10.8. The van der Waals surface area contributed by atoms with Gasteiger partial charge in [-0.3, -0.25) is 10.1 Å². The van der Waals surface area contributed by atoms with Gasteiger partial charge >= 0.3 is 5.97 Å². The van der Waals surface area contributed by atoms with Crippen LogP contribution in [0.25, 0.3) is 6.08 Å². The van der Waals surface area contributed by atoms with Crippen molar-refractivity contribution in [2.75, 3.05) is 0 Å².